The average molecular weight is 385 g/mol. The number of rotatable bonds is 5. The van der Waals surface area contributed by atoms with Crippen molar-refractivity contribution < 1.29 is 0 Å². The molecule has 1 aliphatic carbocycles. The minimum absolute atomic E-state index is 0.540. The van der Waals surface area contributed by atoms with Crippen LogP contribution in [0.1, 0.15) is 58.1 Å². The summed E-state index contributed by atoms with van der Waals surface area (Å²) in [4.78, 5) is 0. The van der Waals surface area contributed by atoms with Gasteiger partial charge in [0, 0.05) is 9.61 Å². The summed E-state index contributed by atoms with van der Waals surface area (Å²) in [6, 6.07) is 9.43. The zero-order valence-electron chi connectivity index (χ0n) is 13.0. The van der Waals surface area contributed by atoms with Gasteiger partial charge in [-0.25, -0.2) is 0 Å². The Morgan fingerprint density at radius 2 is 1.95 bits per heavy atom. The lowest BCUT2D eigenvalue weighted by atomic mass is 9.72. The van der Waals surface area contributed by atoms with Crippen LogP contribution in [0.5, 0.6) is 0 Å². The molecule has 112 valence electrons. The molecule has 0 radical (unpaired) electrons. The summed E-state index contributed by atoms with van der Waals surface area (Å²) in [5.74, 6) is 2.55. The monoisotopic (exact) mass is 385 g/mol. The highest BCUT2D eigenvalue weighted by molar-refractivity contribution is 14.1. The first-order valence-electron chi connectivity index (χ1n) is 8.11. The van der Waals surface area contributed by atoms with E-state index in [-0.39, 0.29) is 0 Å². The lowest BCUT2D eigenvalue weighted by Crippen LogP contribution is -2.34. The van der Waals surface area contributed by atoms with Gasteiger partial charge in [0.1, 0.15) is 0 Å². The standard InChI is InChI=1S/C18H28IN/c1-4-11-20-18(16-7-5-6-8-17(16)19)15-10-9-13(2)14(3)12-15/h5-8,13-15,18,20H,4,9-12H2,1-3H3. The molecule has 0 aromatic heterocycles. The predicted molar refractivity (Wildman–Crippen MR) is 95.9 cm³/mol. The Morgan fingerprint density at radius 1 is 1.20 bits per heavy atom. The minimum Gasteiger partial charge on any atom is -0.310 e. The highest BCUT2D eigenvalue weighted by Gasteiger charge is 2.31. The summed E-state index contributed by atoms with van der Waals surface area (Å²) in [7, 11) is 0. The molecule has 0 amide bonds. The lowest BCUT2D eigenvalue weighted by Gasteiger charge is -2.37. The molecule has 1 nitrogen and oxygen atoms in total. The number of halogens is 1. The van der Waals surface area contributed by atoms with E-state index in [9.17, 15) is 0 Å². The van der Waals surface area contributed by atoms with Crippen molar-refractivity contribution in [2.24, 2.45) is 17.8 Å². The maximum absolute atomic E-state index is 3.83. The highest BCUT2D eigenvalue weighted by atomic mass is 127. The van der Waals surface area contributed by atoms with Crippen molar-refractivity contribution in [3.05, 3.63) is 33.4 Å². The molecular weight excluding hydrogens is 357 g/mol. The third-order valence-corrected chi connectivity index (χ3v) is 5.95. The van der Waals surface area contributed by atoms with Gasteiger partial charge < -0.3 is 5.32 Å². The molecule has 20 heavy (non-hydrogen) atoms. The van der Waals surface area contributed by atoms with Crippen LogP contribution >= 0.6 is 22.6 Å². The quantitative estimate of drug-likeness (QED) is 0.669. The predicted octanol–water partition coefficient (Wildman–Crippen LogP) is 5.40. The van der Waals surface area contributed by atoms with Crippen LogP contribution in [0.2, 0.25) is 0 Å². The molecule has 1 aliphatic rings. The molecule has 1 aromatic rings. The number of hydrogen-bond donors (Lipinski definition) is 1. The van der Waals surface area contributed by atoms with E-state index in [0.717, 1.165) is 24.3 Å². The largest absolute Gasteiger partial charge is 0.310 e. The molecule has 1 saturated carbocycles. The summed E-state index contributed by atoms with van der Waals surface area (Å²) in [6.45, 7) is 8.23. The number of nitrogens with one attached hydrogen (secondary N) is 1. The van der Waals surface area contributed by atoms with Crippen LogP contribution in [0.25, 0.3) is 0 Å². The molecule has 0 aliphatic heterocycles. The fourth-order valence-corrected chi connectivity index (χ4v) is 4.17. The van der Waals surface area contributed by atoms with Crippen molar-refractivity contribution in [3.8, 4) is 0 Å². The molecule has 2 rings (SSSR count). The van der Waals surface area contributed by atoms with E-state index in [1.54, 1.807) is 0 Å². The van der Waals surface area contributed by atoms with Crippen molar-refractivity contribution in [1.29, 1.82) is 0 Å². The molecule has 1 aromatic carbocycles. The van der Waals surface area contributed by atoms with Gasteiger partial charge in [-0.1, -0.05) is 45.4 Å². The van der Waals surface area contributed by atoms with Crippen molar-refractivity contribution in [2.45, 2.75) is 52.5 Å². The summed E-state index contributed by atoms with van der Waals surface area (Å²) in [5.41, 5.74) is 1.51. The van der Waals surface area contributed by atoms with E-state index < -0.39 is 0 Å². The van der Waals surface area contributed by atoms with Crippen LogP contribution < -0.4 is 5.32 Å². The second-order valence-electron chi connectivity index (χ2n) is 6.48. The molecule has 1 fully saturated rings. The van der Waals surface area contributed by atoms with E-state index in [4.69, 9.17) is 0 Å². The Morgan fingerprint density at radius 3 is 2.60 bits per heavy atom. The van der Waals surface area contributed by atoms with Gasteiger partial charge >= 0.3 is 0 Å². The SMILES string of the molecule is CCCNC(c1ccccc1I)C1CCC(C)C(C)C1. The van der Waals surface area contributed by atoms with E-state index in [0.29, 0.717) is 6.04 Å². The Bertz CT molecular complexity index is 418. The first-order chi connectivity index (χ1) is 9.63. The summed E-state index contributed by atoms with van der Waals surface area (Å²) in [5, 5.41) is 3.83. The number of hydrogen-bond acceptors (Lipinski definition) is 1. The highest BCUT2D eigenvalue weighted by Crippen LogP contribution is 2.40. The topological polar surface area (TPSA) is 12.0 Å². The third-order valence-electron chi connectivity index (χ3n) is 4.96. The number of benzene rings is 1. The first-order valence-corrected chi connectivity index (χ1v) is 9.19. The molecule has 0 heterocycles. The van der Waals surface area contributed by atoms with Crippen LogP contribution in [0.15, 0.2) is 24.3 Å². The van der Waals surface area contributed by atoms with Gasteiger partial charge in [-0.15, -0.1) is 0 Å². The second kappa shape index (κ2) is 7.79. The Kier molecular flexibility index (Phi) is 6.34. The van der Waals surface area contributed by atoms with E-state index >= 15 is 0 Å². The van der Waals surface area contributed by atoms with Crippen molar-refractivity contribution in [2.75, 3.05) is 6.54 Å². The molecule has 0 bridgehead atoms. The van der Waals surface area contributed by atoms with E-state index in [1.807, 2.05) is 0 Å². The van der Waals surface area contributed by atoms with Crippen LogP contribution in [0, 0.1) is 21.3 Å². The summed E-state index contributed by atoms with van der Waals surface area (Å²) >= 11 is 2.49. The zero-order chi connectivity index (χ0) is 14.5. The summed E-state index contributed by atoms with van der Waals surface area (Å²) < 4.78 is 1.41. The first kappa shape index (κ1) is 16.3. The Labute approximate surface area is 138 Å². The third kappa shape index (κ3) is 3.97. The van der Waals surface area contributed by atoms with Crippen molar-refractivity contribution >= 4 is 22.6 Å². The minimum atomic E-state index is 0.540. The summed E-state index contributed by atoms with van der Waals surface area (Å²) in [6.07, 6.45) is 5.34. The van der Waals surface area contributed by atoms with Gasteiger partial charge in [0.15, 0.2) is 0 Å². The Hall–Kier alpha value is -0.0900. The fraction of sp³-hybridized carbons (Fsp3) is 0.667. The smallest absolute Gasteiger partial charge is 0.0359 e. The Balaban J connectivity index is 2.17. The molecule has 0 spiro atoms. The molecule has 4 atom stereocenters. The van der Waals surface area contributed by atoms with Gasteiger partial charge in [0.2, 0.25) is 0 Å². The average Bonchev–Trinajstić information content (AvgIpc) is 2.44. The van der Waals surface area contributed by atoms with Crippen molar-refractivity contribution in [1.82, 2.24) is 5.32 Å². The van der Waals surface area contributed by atoms with Gasteiger partial charge in [0.05, 0.1) is 0 Å². The van der Waals surface area contributed by atoms with Crippen LogP contribution in [0.3, 0.4) is 0 Å². The molecule has 0 saturated heterocycles. The van der Waals surface area contributed by atoms with Crippen molar-refractivity contribution in [3.63, 3.8) is 0 Å². The molecular formula is C18H28IN. The molecule has 4 unspecified atom stereocenters. The zero-order valence-corrected chi connectivity index (χ0v) is 15.2. The fourth-order valence-electron chi connectivity index (χ4n) is 3.45. The maximum atomic E-state index is 3.83. The molecule has 2 heteroatoms. The normalized spacial score (nSPS) is 28.3. The van der Waals surface area contributed by atoms with Gasteiger partial charge in [-0.05, 0) is 77.8 Å². The van der Waals surface area contributed by atoms with Crippen LogP contribution in [-0.2, 0) is 0 Å². The van der Waals surface area contributed by atoms with Gasteiger partial charge in [-0.2, -0.15) is 0 Å². The lowest BCUT2D eigenvalue weighted by molar-refractivity contribution is 0.171. The maximum Gasteiger partial charge on any atom is 0.0359 e. The van der Waals surface area contributed by atoms with E-state index in [1.165, 1.54) is 34.8 Å². The van der Waals surface area contributed by atoms with Gasteiger partial charge in [0.25, 0.3) is 0 Å². The van der Waals surface area contributed by atoms with Crippen LogP contribution in [0.4, 0.5) is 0 Å². The van der Waals surface area contributed by atoms with E-state index in [2.05, 4.69) is 72.9 Å². The van der Waals surface area contributed by atoms with Gasteiger partial charge in [-0.3, -0.25) is 0 Å². The second-order valence-corrected chi connectivity index (χ2v) is 7.64. The molecule has 1 N–H and O–H groups in total. The van der Waals surface area contributed by atoms with Crippen LogP contribution in [-0.4, -0.2) is 6.54 Å².